The molecule has 1 aromatic carbocycles. The van der Waals surface area contributed by atoms with Gasteiger partial charge in [-0.25, -0.2) is 0 Å². The Morgan fingerprint density at radius 1 is 1.33 bits per heavy atom. The Hall–Kier alpha value is -1.43. The number of nitrogens with zero attached hydrogens (tertiary/aromatic N) is 2. The van der Waals surface area contributed by atoms with E-state index in [9.17, 15) is 4.79 Å². The van der Waals surface area contributed by atoms with E-state index < -0.39 is 0 Å². The molecule has 1 heterocycles. The fourth-order valence-electron chi connectivity index (χ4n) is 2.60. The molecule has 2 N–H and O–H groups in total. The fraction of sp³-hybridized carbons (Fsp3) is 0.562. The minimum Gasteiger partial charge on any atom is -0.378 e. The Balaban J connectivity index is 2.00. The lowest BCUT2D eigenvalue weighted by Crippen LogP contribution is -2.51. The zero-order valence-corrected chi connectivity index (χ0v) is 12.7. The van der Waals surface area contributed by atoms with Crippen LogP contribution in [-0.2, 0) is 16.1 Å². The van der Waals surface area contributed by atoms with Crippen LogP contribution in [0.15, 0.2) is 30.3 Å². The first-order chi connectivity index (χ1) is 10.2. The smallest absolute Gasteiger partial charge is 0.239 e. The predicted octanol–water partition coefficient (Wildman–Crippen LogP) is 0.695. The lowest BCUT2D eigenvalue weighted by Gasteiger charge is -2.34. The SMILES string of the molecule is CC(C(=O)N1CCOCC1)N(CCN)Cc1ccccc1. The molecule has 2 rings (SSSR count). The number of hydrogen-bond donors (Lipinski definition) is 1. The summed E-state index contributed by atoms with van der Waals surface area (Å²) in [4.78, 5) is 16.6. The van der Waals surface area contributed by atoms with E-state index in [1.54, 1.807) is 0 Å². The number of rotatable bonds is 6. The first kappa shape index (κ1) is 15.9. The van der Waals surface area contributed by atoms with E-state index in [1.807, 2.05) is 30.0 Å². The summed E-state index contributed by atoms with van der Waals surface area (Å²) in [5.74, 6) is 0.169. The van der Waals surface area contributed by atoms with Crippen LogP contribution in [0.2, 0.25) is 0 Å². The molecule has 116 valence electrons. The number of morpholine rings is 1. The van der Waals surface area contributed by atoms with Gasteiger partial charge in [-0.3, -0.25) is 9.69 Å². The summed E-state index contributed by atoms with van der Waals surface area (Å²) in [5.41, 5.74) is 6.91. The van der Waals surface area contributed by atoms with Crippen molar-refractivity contribution < 1.29 is 9.53 Å². The van der Waals surface area contributed by atoms with Gasteiger partial charge < -0.3 is 15.4 Å². The van der Waals surface area contributed by atoms with Gasteiger partial charge in [-0.1, -0.05) is 30.3 Å². The maximum Gasteiger partial charge on any atom is 0.239 e. The average molecular weight is 291 g/mol. The van der Waals surface area contributed by atoms with Crippen LogP contribution in [0.25, 0.3) is 0 Å². The van der Waals surface area contributed by atoms with Gasteiger partial charge in [-0.2, -0.15) is 0 Å². The molecule has 1 aliphatic heterocycles. The van der Waals surface area contributed by atoms with Crippen molar-refractivity contribution in [2.75, 3.05) is 39.4 Å². The van der Waals surface area contributed by atoms with Crippen LogP contribution < -0.4 is 5.73 Å². The number of ether oxygens (including phenoxy) is 1. The van der Waals surface area contributed by atoms with Crippen molar-refractivity contribution in [3.05, 3.63) is 35.9 Å². The third-order valence-electron chi connectivity index (χ3n) is 3.87. The quantitative estimate of drug-likeness (QED) is 0.838. The normalized spacial score (nSPS) is 17.0. The number of benzene rings is 1. The largest absolute Gasteiger partial charge is 0.378 e. The standard InChI is InChI=1S/C16H25N3O2/c1-14(16(20)18-9-11-21-12-10-18)19(8-7-17)13-15-5-3-2-4-6-15/h2-6,14H,7-13,17H2,1H3. The second-order valence-electron chi connectivity index (χ2n) is 5.36. The van der Waals surface area contributed by atoms with Gasteiger partial charge >= 0.3 is 0 Å². The van der Waals surface area contributed by atoms with Crippen LogP contribution in [0.4, 0.5) is 0 Å². The molecule has 0 radical (unpaired) electrons. The molecule has 21 heavy (non-hydrogen) atoms. The fourth-order valence-corrected chi connectivity index (χ4v) is 2.60. The first-order valence-corrected chi connectivity index (χ1v) is 7.57. The average Bonchev–Trinajstić information content (AvgIpc) is 2.55. The lowest BCUT2D eigenvalue weighted by molar-refractivity contribution is -0.140. The van der Waals surface area contributed by atoms with Crippen molar-refractivity contribution in [1.29, 1.82) is 0 Å². The summed E-state index contributed by atoms with van der Waals surface area (Å²) < 4.78 is 5.31. The van der Waals surface area contributed by atoms with Crippen LogP contribution in [0, 0.1) is 0 Å². The van der Waals surface area contributed by atoms with Crippen LogP contribution in [-0.4, -0.2) is 61.1 Å². The second-order valence-corrected chi connectivity index (χ2v) is 5.36. The number of amides is 1. The molecular weight excluding hydrogens is 266 g/mol. The Bertz CT molecular complexity index is 432. The topological polar surface area (TPSA) is 58.8 Å². The highest BCUT2D eigenvalue weighted by molar-refractivity contribution is 5.81. The summed E-state index contributed by atoms with van der Waals surface area (Å²) in [6, 6.07) is 10.0. The zero-order chi connectivity index (χ0) is 15.1. The summed E-state index contributed by atoms with van der Waals surface area (Å²) >= 11 is 0. The van der Waals surface area contributed by atoms with Crippen LogP contribution >= 0.6 is 0 Å². The van der Waals surface area contributed by atoms with Gasteiger partial charge in [-0.05, 0) is 12.5 Å². The molecular formula is C16H25N3O2. The van der Waals surface area contributed by atoms with Crippen molar-refractivity contribution >= 4 is 5.91 Å². The molecule has 1 aromatic rings. The van der Waals surface area contributed by atoms with Crippen molar-refractivity contribution in [3.8, 4) is 0 Å². The highest BCUT2D eigenvalue weighted by Gasteiger charge is 2.26. The van der Waals surface area contributed by atoms with Crippen LogP contribution in [0.1, 0.15) is 12.5 Å². The lowest BCUT2D eigenvalue weighted by atomic mass is 10.1. The Morgan fingerprint density at radius 2 is 2.00 bits per heavy atom. The van der Waals surface area contributed by atoms with Gasteiger partial charge in [0.15, 0.2) is 0 Å². The van der Waals surface area contributed by atoms with E-state index in [0.717, 1.165) is 6.54 Å². The molecule has 1 saturated heterocycles. The predicted molar refractivity (Wildman–Crippen MR) is 82.8 cm³/mol. The van der Waals surface area contributed by atoms with E-state index >= 15 is 0 Å². The number of hydrogen-bond acceptors (Lipinski definition) is 4. The zero-order valence-electron chi connectivity index (χ0n) is 12.7. The Kier molecular flexibility index (Phi) is 6.17. The third-order valence-corrected chi connectivity index (χ3v) is 3.87. The monoisotopic (exact) mass is 291 g/mol. The molecule has 1 fully saturated rings. The highest BCUT2D eigenvalue weighted by atomic mass is 16.5. The molecule has 0 aliphatic carbocycles. The minimum atomic E-state index is -0.160. The molecule has 5 heteroatoms. The second kappa shape index (κ2) is 8.12. The molecule has 0 aromatic heterocycles. The van der Waals surface area contributed by atoms with E-state index in [-0.39, 0.29) is 11.9 Å². The van der Waals surface area contributed by atoms with Crippen molar-refractivity contribution in [1.82, 2.24) is 9.80 Å². The van der Waals surface area contributed by atoms with Gasteiger partial charge in [0.2, 0.25) is 5.91 Å². The van der Waals surface area contributed by atoms with Gasteiger partial charge in [0.1, 0.15) is 0 Å². The molecule has 1 atom stereocenters. The van der Waals surface area contributed by atoms with Gasteiger partial charge in [0, 0.05) is 32.7 Å². The summed E-state index contributed by atoms with van der Waals surface area (Å²) in [5, 5.41) is 0. The van der Waals surface area contributed by atoms with Crippen molar-refractivity contribution in [2.24, 2.45) is 5.73 Å². The minimum absolute atomic E-state index is 0.160. The van der Waals surface area contributed by atoms with Gasteiger partial charge in [0.05, 0.1) is 19.3 Å². The van der Waals surface area contributed by atoms with Gasteiger partial charge in [-0.15, -0.1) is 0 Å². The summed E-state index contributed by atoms with van der Waals surface area (Å²) in [7, 11) is 0. The van der Waals surface area contributed by atoms with Crippen LogP contribution in [0.3, 0.4) is 0 Å². The molecule has 1 unspecified atom stereocenters. The van der Waals surface area contributed by atoms with E-state index in [0.29, 0.717) is 39.4 Å². The summed E-state index contributed by atoms with van der Waals surface area (Å²) in [6.07, 6.45) is 0. The molecule has 0 spiro atoms. The molecule has 5 nitrogen and oxygen atoms in total. The molecule has 1 amide bonds. The van der Waals surface area contributed by atoms with E-state index in [4.69, 9.17) is 10.5 Å². The van der Waals surface area contributed by atoms with Crippen molar-refractivity contribution in [3.63, 3.8) is 0 Å². The van der Waals surface area contributed by atoms with E-state index in [2.05, 4.69) is 17.0 Å². The number of nitrogens with two attached hydrogens (primary N) is 1. The maximum atomic E-state index is 12.6. The Morgan fingerprint density at radius 3 is 2.62 bits per heavy atom. The van der Waals surface area contributed by atoms with Gasteiger partial charge in [0.25, 0.3) is 0 Å². The summed E-state index contributed by atoms with van der Waals surface area (Å²) in [6.45, 7) is 6.61. The third kappa shape index (κ3) is 4.52. The van der Waals surface area contributed by atoms with E-state index in [1.165, 1.54) is 5.56 Å². The highest BCUT2D eigenvalue weighted by Crippen LogP contribution is 2.11. The number of carbonyl (C=O) groups is 1. The van der Waals surface area contributed by atoms with Crippen LogP contribution in [0.5, 0.6) is 0 Å². The molecule has 0 saturated carbocycles. The Labute approximate surface area is 126 Å². The number of carbonyl (C=O) groups excluding carboxylic acids is 1. The maximum absolute atomic E-state index is 12.6. The molecule has 0 bridgehead atoms. The van der Waals surface area contributed by atoms with Crippen molar-refractivity contribution in [2.45, 2.75) is 19.5 Å². The first-order valence-electron chi connectivity index (χ1n) is 7.57. The molecule has 1 aliphatic rings.